The zero-order chi connectivity index (χ0) is 17.2. The molecule has 0 fully saturated rings. The fraction of sp³-hybridized carbons (Fsp3) is 0.368. The Morgan fingerprint density at radius 1 is 1.08 bits per heavy atom. The molecule has 0 unspecified atom stereocenters. The van der Waals surface area contributed by atoms with Gasteiger partial charge in [-0.05, 0) is 43.1 Å². The van der Waals surface area contributed by atoms with E-state index in [1.54, 1.807) is 0 Å². The van der Waals surface area contributed by atoms with Gasteiger partial charge in [0.05, 0.1) is 6.61 Å². The van der Waals surface area contributed by atoms with Gasteiger partial charge in [-0.25, -0.2) is 0 Å². The van der Waals surface area contributed by atoms with Crippen LogP contribution in [-0.4, -0.2) is 24.9 Å². The van der Waals surface area contributed by atoms with E-state index in [0.717, 1.165) is 40.1 Å². The summed E-state index contributed by atoms with van der Waals surface area (Å²) in [5, 5.41) is 12.1. The Balaban J connectivity index is 2.07. The van der Waals surface area contributed by atoms with Gasteiger partial charge in [-0.3, -0.25) is 0 Å². The maximum absolute atomic E-state index is 8.84. The van der Waals surface area contributed by atoms with Crippen LogP contribution in [0.5, 0.6) is 11.5 Å². The van der Waals surface area contributed by atoms with Gasteiger partial charge in [0.2, 0.25) is 0 Å². The molecule has 0 radical (unpaired) electrons. The van der Waals surface area contributed by atoms with Crippen LogP contribution >= 0.6 is 15.9 Å². The molecule has 0 aliphatic carbocycles. The molecule has 0 atom stereocenters. The molecule has 24 heavy (non-hydrogen) atoms. The molecular formula is C19H24BrNO3. The Labute approximate surface area is 151 Å². The lowest BCUT2D eigenvalue weighted by atomic mass is 10.2. The smallest absolute Gasteiger partial charge is 0.162 e. The summed E-state index contributed by atoms with van der Waals surface area (Å²) in [6, 6.07) is 14.0. The fourth-order valence-corrected chi connectivity index (χ4v) is 2.72. The average Bonchev–Trinajstić information content (AvgIpc) is 2.60. The van der Waals surface area contributed by atoms with E-state index in [4.69, 9.17) is 14.6 Å². The van der Waals surface area contributed by atoms with Crippen molar-refractivity contribution in [3.05, 3.63) is 58.1 Å². The summed E-state index contributed by atoms with van der Waals surface area (Å²) < 4.78 is 12.7. The number of ether oxygens (including phenoxy) is 2. The van der Waals surface area contributed by atoms with Gasteiger partial charge in [-0.1, -0.05) is 46.3 Å². The molecule has 0 amide bonds. The summed E-state index contributed by atoms with van der Waals surface area (Å²) in [6.45, 7) is 4.73. The molecule has 2 aromatic rings. The van der Waals surface area contributed by atoms with E-state index in [-0.39, 0.29) is 6.61 Å². The number of halogens is 1. The first-order chi connectivity index (χ1) is 11.7. The van der Waals surface area contributed by atoms with Crippen LogP contribution in [0.2, 0.25) is 0 Å². The number of aliphatic hydroxyl groups excluding tert-OH is 1. The molecule has 0 aliphatic rings. The topological polar surface area (TPSA) is 50.7 Å². The third-order valence-electron chi connectivity index (χ3n) is 3.48. The van der Waals surface area contributed by atoms with Crippen LogP contribution in [0, 0.1) is 0 Å². The third kappa shape index (κ3) is 5.82. The molecule has 0 saturated heterocycles. The van der Waals surface area contributed by atoms with Gasteiger partial charge >= 0.3 is 0 Å². The van der Waals surface area contributed by atoms with E-state index in [1.807, 2.05) is 49.4 Å². The number of benzene rings is 2. The monoisotopic (exact) mass is 393 g/mol. The van der Waals surface area contributed by atoms with E-state index in [1.165, 1.54) is 0 Å². The summed E-state index contributed by atoms with van der Waals surface area (Å²) in [6.07, 6.45) is 0.744. The first-order valence-electron chi connectivity index (χ1n) is 8.18. The second kappa shape index (κ2) is 10.3. The van der Waals surface area contributed by atoms with Gasteiger partial charge in [0.1, 0.15) is 6.61 Å². The maximum Gasteiger partial charge on any atom is 0.162 e. The number of rotatable bonds is 10. The molecule has 130 valence electrons. The highest BCUT2D eigenvalue weighted by Gasteiger charge is 2.11. The standard InChI is InChI=1S/C19H24BrNO3/c1-2-23-18-11-16(13-21-9-6-10-22)17(20)12-19(18)24-14-15-7-4-3-5-8-15/h3-5,7-8,11-12,21-22H,2,6,9-10,13-14H2,1H3. The molecule has 0 aromatic heterocycles. The summed E-state index contributed by atoms with van der Waals surface area (Å²) >= 11 is 3.60. The van der Waals surface area contributed by atoms with Crippen LogP contribution in [0.4, 0.5) is 0 Å². The number of nitrogens with one attached hydrogen (secondary N) is 1. The van der Waals surface area contributed by atoms with Crippen molar-refractivity contribution >= 4 is 15.9 Å². The van der Waals surface area contributed by atoms with Crippen molar-refractivity contribution in [1.82, 2.24) is 5.32 Å². The summed E-state index contributed by atoms with van der Waals surface area (Å²) in [5.74, 6) is 1.47. The van der Waals surface area contributed by atoms with Crippen molar-refractivity contribution in [2.24, 2.45) is 0 Å². The zero-order valence-corrected chi connectivity index (χ0v) is 15.5. The highest BCUT2D eigenvalue weighted by molar-refractivity contribution is 9.10. The fourth-order valence-electron chi connectivity index (χ4n) is 2.26. The normalized spacial score (nSPS) is 10.6. The highest BCUT2D eigenvalue weighted by atomic mass is 79.9. The van der Waals surface area contributed by atoms with Crippen molar-refractivity contribution < 1.29 is 14.6 Å². The summed E-state index contributed by atoms with van der Waals surface area (Å²) in [5.41, 5.74) is 2.22. The lowest BCUT2D eigenvalue weighted by Crippen LogP contribution is -2.16. The SMILES string of the molecule is CCOc1cc(CNCCCO)c(Br)cc1OCc1ccccc1. The second-order valence-corrected chi connectivity index (χ2v) is 6.21. The summed E-state index contributed by atoms with van der Waals surface area (Å²) in [7, 11) is 0. The largest absolute Gasteiger partial charge is 0.490 e. The van der Waals surface area contributed by atoms with E-state index in [2.05, 4.69) is 21.2 Å². The van der Waals surface area contributed by atoms with Crippen molar-refractivity contribution in [3.63, 3.8) is 0 Å². The first kappa shape index (κ1) is 18.8. The maximum atomic E-state index is 8.84. The lowest BCUT2D eigenvalue weighted by molar-refractivity contribution is 0.268. The van der Waals surface area contributed by atoms with Crippen LogP contribution in [0.1, 0.15) is 24.5 Å². The van der Waals surface area contributed by atoms with Crippen LogP contribution in [0.25, 0.3) is 0 Å². The molecule has 0 heterocycles. The van der Waals surface area contributed by atoms with E-state index in [9.17, 15) is 0 Å². The van der Waals surface area contributed by atoms with Crippen LogP contribution < -0.4 is 14.8 Å². The lowest BCUT2D eigenvalue weighted by Gasteiger charge is -2.15. The number of hydrogen-bond acceptors (Lipinski definition) is 4. The molecule has 5 heteroatoms. The Morgan fingerprint density at radius 2 is 1.83 bits per heavy atom. The average molecular weight is 394 g/mol. The molecule has 4 nitrogen and oxygen atoms in total. The van der Waals surface area contributed by atoms with E-state index in [0.29, 0.717) is 19.8 Å². The minimum Gasteiger partial charge on any atom is -0.490 e. The minimum atomic E-state index is 0.199. The van der Waals surface area contributed by atoms with Crippen LogP contribution in [0.15, 0.2) is 46.9 Å². The third-order valence-corrected chi connectivity index (χ3v) is 4.22. The molecule has 2 rings (SSSR count). The second-order valence-electron chi connectivity index (χ2n) is 5.35. The predicted octanol–water partition coefficient (Wildman–Crippen LogP) is 3.90. The van der Waals surface area contributed by atoms with Gasteiger partial charge < -0.3 is 19.9 Å². The van der Waals surface area contributed by atoms with Crippen molar-refractivity contribution in [1.29, 1.82) is 0 Å². The Kier molecular flexibility index (Phi) is 8.08. The van der Waals surface area contributed by atoms with E-state index < -0.39 is 0 Å². The van der Waals surface area contributed by atoms with Gasteiger partial charge in [0, 0.05) is 17.6 Å². The van der Waals surface area contributed by atoms with Crippen molar-refractivity contribution in [2.45, 2.75) is 26.5 Å². The van der Waals surface area contributed by atoms with Gasteiger partial charge in [-0.15, -0.1) is 0 Å². The molecule has 0 saturated carbocycles. The minimum absolute atomic E-state index is 0.199. The Bertz CT molecular complexity index is 620. The zero-order valence-electron chi connectivity index (χ0n) is 13.9. The quantitative estimate of drug-likeness (QED) is 0.601. The molecule has 2 N–H and O–H groups in total. The van der Waals surface area contributed by atoms with Crippen LogP contribution in [-0.2, 0) is 13.2 Å². The highest BCUT2D eigenvalue weighted by Crippen LogP contribution is 2.34. The van der Waals surface area contributed by atoms with Gasteiger partial charge in [0.25, 0.3) is 0 Å². The van der Waals surface area contributed by atoms with Crippen molar-refractivity contribution in [3.8, 4) is 11.5 Å². The first-order valence-corrected chi connectivity index (χ1v) is 8.97. The van der Waals surface area contributed by atoms with Gasteiger partial charge in [0.15, 0.2) is 11.5 Å². The molecular weight excluding hydrogens is 370 g/mol. The molecule has 2 aromatic carbocycles. The predicted molar refractivity (Wildman–Crippen MR) is 99.5 cm³/mol. The van der Waals surface area contributed by atoms with Gasteiger partial charge in [-0.2, -0.15) is 0 Å². The Morgan fingerprint density at radius 3 is 2.54 bits per heavy atom. The number of aliphatic hydroxyl groups is 1. The van der Waals surface area contributed by atoms with Crippen molar-refractivity contribution in [2.75, 3.05) is 19.8 Å². The van der Waals surface area contributed by atoms with E-state index >= 15 is 0 Å². The molecule has 0 spiro atoms. The molecule has 0 aliphatic heterocycles. The van der Waals surface area contributed by atoms with Crippen LogP contribution in [0.3, 0.4) is 0 Å². The molecule has 0 bridgehead atoms. The Hall–Kier alpha value is -1.56. The number of hydrogen-bond donors (Lipinski definition) is 2. The summed E-state index contributed by atoms with van der Waals surface area (Å²) in [4.78, 5) is 0.